The van der Waals surface area contributed by atoms with E-state index in [9.17, 15) is 4.79 Å². The first-order chi connectivity index (χ1) is 12.7. The Hall–Kier alpha value is -3.54. The van der Waals surface area contributed by atoms with E-state index in [-0.39, 0.29) is 6.03 Å². The average Bonchev–Trinajstić information content (AvgIpc) is 2.68. The fraction of sp³-hybridized carbons (Fsp3) is 0.100. The molecule has 0 fully saturated rings. The standard InChI is InChI=1S/C20H19N3O3/c1-25-19-4-2-3-16(13-19)23-20(24)22-14-15-5-7-17(8-6-15)26-18-9-11-21-12-10-18/h2-13H,14H2,1H3,(H2,22,23,24). The molecule has 2 amide bonds. The Labute approximate surface area is 151 Å². The van der Waals surface area contributed by atoms with Crippen molar-refractivity contribution in [2.24, 2.45) is 0 Å². The number of carbonyl (C=O) groups excluding carboxylic acids is 1. The molecule has 0 unspecified atom stereocenters. The zero-order valence-electron chi connectivity index (χ0n) is 14.3. The summed E-state index contributed by atoms with van der Waals surface area (Å²) in [4.78, 5) is 15.9. The van der Waals surface area contributed by atoms with Crippen LogP contribution in [0.4, 0.5) is 10.5 Å². The number of anilines is 1. The number of rotatable bonds is 6. The maximum atomic E-state index is 12.0. The van der Waals surface area contributed by atoms with Gasteiger partial charge >= 0.3 is 6.03 Å². The van der Waals surface area contributed by atoms with Gasteiger partial charge in [-0.2, -0.15) is 0 Å². The van der Waals surface area contributed by atoms with Crippen LogP contribution in [0.2, 0.25) is 0 Å². The van der Waals surface area contributed by atoms with Gasteiger partial charge in [-0.15, -0.1) is 0 Å². The molecule has 0 radical (unpaired) electrons. The van der Waals surface area contributed by atoms with E-state index in [2.05, 4.69) is 15.6 Å². The van der Waals surface area contributed by atoms with Crippen LogP contribution in [0.5, 0.6) is 17.2 Å². The maximum absolute atomic E-state index is 12.0. The van der Waals surface area contributed by atoms with E-state index in [0.717, 1.165) is 17.1 Å². The molecule has 2 aromatic carbocycles. The maximum Gasteiger partial charge on any atom is 0.319 e. The second kappa shape index (κ2) is 8.53. The minimum absolute atomic E-state index is 0.282. The Balaban J connectivity index is 1.50. The van der Waals surface area contributed by atoms with Crippen molar-refractivity contribution in [1.29, 1.82) is 0 Å². The molecule has 0 aliphatic carbocycles. The SMILES string of the molecule is COc1cccc(NC(=O)NCc2ccc(Oc3ccncc3)cc2)c1. The summed E-state index contributed by atoms with van der Waals surface area (Å²) >= 11 is 0. The van der Waals surface area contributed by atoms with Gasteiger partial charge in [-0.05, 0) is 42.0 Å². The van der Waals surface area contributed by atoms with Crippen LogP contribution in [-0.2, 0) is 6.54 Å². The van der Waals surface area contributed by atoms with Gasteiger partial charge in [0.2, 0.25) is 0 Å². The molecule has 0 atom stereocenters. The van der Waals surface area contributed by atoms with Crippen molar-refractivity contribution in [2.75, 3.05) is 12.4 Å². The number of hydrogen-bond donors (Lipinski definition) is 2. The third kappa shape index (κ3) is 4.98. The number of methoxy groups -OCH3 is 1. The summed E-state index contributed by atoms with van der Waals surface area (Å²) in [6.07, 6.45) is 3.35. The van der Waals surface area contributed by atoms with Crippen molar-refractivity contribution >= 4 is 11.7 Å². The lowest BCUT2D eigenvalue weighted by Crippen LogP contribution is -2.28. The number of hydrogen-bond acceptors (Lipinski definition) is 4. The number of amides is 2. The van der Waals surface area contributed by atoms with Gasteiger partial charge in [-0.25, -0.2) is 4.79 Å². The lowest BCUT2D eigenvalue weighted by Gasteiger charge is -2.10. The lowest BCUT2D eigenvalue weighted by molar-refractivity contribution is 0.251. The Morgan fingerprint density at radius 2 is 1.69 bits per heavy atom. The highest BCUT2D eigenvalue weighted by Crippen LogP contribution is 2.20. The van der Waals surface area contributed by atoms with Crippen molar-refractivity contribution in [3.63, 3.8) is 0 Å². The van der Waals surface area contributed by atoms with Crippen LogP contribution in [0.3, 0.4) is 0 Å². The lowest BCUT2D eigenvalue weighted by atomic mass is 10.2. The van der Waals surface area contributed by atoms with E-state index in [1.54, 1.807) is 43.8 Å². The van der Waals surface area contributed by atoms with Crippen LogP contribution >= 0.6 is 0 Å². The molecule has 0 spiro atoms. The fourth-order valence-electron chi connectivity index (χ4n) is 2.28. The largest absolute Gasteiger partial charge is 0.497 e. The van der Waals surface area contributed by atoms with Gasteiger partial charge in [0.15, 0.2) is 0 Å². The molecule has 0 saturated carbocycles. The third-order valence-electron chi connectivity index (χ3n) is 3.59. The number of nitrogens with zero attached hydrogens (tertiary/aromatic N) is 1. The second-order valence-corrected chi connectivity index (χ2v) is 5.47. The van der Waals surface area contributed by atoms with E-state index in [1.807, 2.05) is 36.4 Å². The highest BCUT2D eigenvalue weighted by Gasteiger charge is 2.03. The number of carbonyl (C=O) groups is 1. The highest BCUT2D eigenvalue weighted by atomic mass is 16.5. The first kappa shape index (κ1) is 17.3. The number of pyridine rings is 1. The van der Waals surface area contributed by atoms with E-state index in [1.165, 1.54) is 0 Å². The van der Waals surface area contributed by atoms with Crippen molar-refractivity contribution < 1.29 is 14.3 Å². The van der Waals surface area contributed by atoms with Gasteiger partial charge < -0.3 is 20.1 Å². The molecular formula is C20H19N3O3. The summed E-state index contributed by atoms with van der Waals surface area (Å²) in [5.41, 5.74) is 1.64. The van der Waals surface area contributed by atoms with E-state index >= 15 is 0 Å². The molecule has 0 aliphatic heterocycles. The van der Waals surface area contributed by atoms with Crippen molar-refractivity contribution in [1.82, 2.24) is 10.3 Å². The summed E-state index contributed by atoms with van der Waals surface area (Å²) in [5, 5.41) is 5.58. The van der Waals surface area contributed by atoms with Gasteiger partial charge in [0.1, 0.15) is 17.2 Å². The molecule has 6 nitrogen and oxygen atoms in total. The number of aromatic nitrogens is 1. The summed E-state index contributed by atoms with van der Waals surface area (Å²) in [5.74, 6) is 2.14. The van der Waals surface area contributed by atoms with Gasteiger partial charge in [0, 0.05) is 30.7 Å². The summed E-state index contributed by atoms with van der Waals surface area (Å²) in [6, 6.07) is 18.0. The smallest absolute Gasteiger partial charge is 0.319 e. The Morgan fingerprint density at radius 3 is 2.42 bits per heavy atom. The predicted molar refractivity (Wildman–Crippen MR) is 99.6 cm³/mol. The summed E-state index contributed by atoms with van der Waals surface area (Å²) in [6.45, 7) is 0.408. The van der Waals surface area contributed by atoms with Gasteiger partial charge in [0.05, 0.1) is 7.11 Å². The fourth-order valence-corrected chi connectivity index (χ4v) is 2.28. The quantitative estimate of drug-likeness (QED) is 0.699. The second-order valence-electron chi connectivity index (χ2n) is 5.47. The Morgan fingerprint density at radius 1 is 0.962 bits per heavy atom. The Kier molecular flexibility index (Phi) is 5.67. The van der Waals surface area contributed by atoms with E-state index < -0.39 is 0 Å². The highest BCUT2D eigenvalue weighted by molar-refractivity contribution is 5.89. The number of urea groups is 1. The molecule has 0 bridgehead atoms. The Bertz CT molecular complexity index is 852. The topological polar surface area (TPSA) is 72.5 Å². The van der Waals surface area contributed by atoms with Gasteiger partial charge in [-0.1, -0.05) is 18.2 Å². The minimum atomic E-state index is -0.282. The minimum Gasteiger partial charge on any atom is -0.497 e. The molecule has 2 N–H and O–H groups in total. The molecule has 1 heterocycles. The van der Waals surface area contributed by atoms with Crippen LogP contribution in [0, 0.1) is 0 Å². The molecule has 6 heteroatoms. The zero-order valence-corrected chi connectivity index (χ0v) is 14.3. The van der Waals surface area contributed by atoms with E-state index in [0.29, 0.717) is 18.0 Å². The summed E-state index contributed by atoms with van der Waals surface area (Å²) in [7, 11) is 1.58. The average molecular weight is 349 g/mol. The number of nitrogens with one attached hydrogen (secondary N) is 2. The van der Waals surface area contributed by atoms with Crippen molar-refractivity contribution in [2.45, 2.75) is 6.54 Å². The monoisotopic (exact) mass is 349 g/mol. The first-order valence-corrected chi connectivity index (χ1v) is 8.09. The molecule has 1 aromatic heterocycles. The third-order valence-corrected chi connectivity index (χ3v) is 3.59. The first-order valence-electron chi connectivity index (χ1n) is 8.09. The zero-order chi connectivity index (χ0) is 18.2. The number of benzene rings is 2. The van der Waals surface area contributed by atoms with Gasteiger partial charge in [0.25, 0.3) is 0 Å². The number of ether oxygens (including phenoxy) is 2. The molecule has 3 aromatic rings. The van der Waals surface area contributed by atoms with Crippen LogP contribution in [0.1, 0.15) is 5.56 Å². The van der Waals surface area contributed by atoms with E-state index in [4.69, 9.17) is 9.47 Å². The van der Waals surface area contributed by atoms with Crippen LogP contribution in [0.15, 0.2) is 73.1 Å². The molecule has 132 valence electrons. The molecular weight excluding hydrogens is 330 g/mol. The molecule has 26 heavy (non-hydrogen) atoms. The molecule has 0 aliphatic rings. The van der Waals surface area contributed by atoms with Crippen LogP contribution in [-0.4, -0.2) is 18.1 Å². The normalized spacial score (nSPS) is 10.0. The van der Waals surface area contributed by atoms with Crippen molar-refractivity contribution in [3.05, 3.63) is 78.6 Å². The van der Waals surface area contributed by atoms with Crippen LogP contribution in [0.25, 0.3) is 0 Å². The van der Waals surface area contributed by atoms with Crippen molar-refractivity contribution in [3.8, 4) is 17.2 Å². The predicted octanol–water partition coefficient (Wildman–Crippen LogP) is 4.20. The molecule has 3 rings (SSSR count). The molecule has 0 saturated heterocycles. The van der Waals surface area contributed by atoms with Crippen LogP contribution < -0.4 is 20.1 Å². The summed E-state index contributed by atoms with van der Waals surface area (Å²) < 4.78 is 10.8. The van der Waals surface area contributed by atoms with Gasteiger partial charge in [-0.3, -0.25) is 4.98 Å².